The van der Waals surface area contributed by atoms with E-state index < -0.39 is 0 Å². The standard InChI is InChI=1S/C13H24N2S.ClH/c1-3-15(4-2)9-6-5-8-14-11-13-7-10-16-12-13;/h7,10,12,14H,3-6,8-9,11H2,1-2H3;1H. The highest BCUT2D eigenvalue weighted by Gasteiger charge is 1.98. The zero-order chi connectivity index (χ0) is 11.6. The van der Waals surface area contributed by atoms with Gasteiger partial charge in [0.1, 0.15) is 0 Å². The van der Waals surface area contributed by atoms with Gasteiger partial charge in [0.15, 0.2) is 0 Å². The molecule has 0 aliphatic carbocycles. The Labute approximate surface area is 116 Å². The van der Waals surface area contributed by atoms with E-state index in [1.54, 1.807) is 11.3 Å². The van der Waals surface area contributed by atoms with E-state index in [1.165, 1.54) is 38.0 Å². The van der Waals surface area contributed by atoms with Crippen LogP contribution in [0.3, 0.4) is 0 Å². The summed E-state index contributed by atoms with van der Waals surface area (Å²) in [6.45, 7) is 10.2. The van der Waals surface area contributed by atoms with Gasteiger partial charge in [-0.3, -0.25) is 0 Å². The maximum atomic E-state index is 3.49. The summed E-state index contributed by atoms with van der Waals surface area (Å²) < 4.78 is 0. The number of unbranched alkanes of at least 4 members (excludes halogenated alkanes) is 1. The Balaban J connectivity index is 0.00000256. The third-order valence-corrected chi connectivity index (χ3v) is 3.61. The van der Waals surface area contributed by atoms with Gasteiger partial charge in [-0.2, -0.15) is 11.3 Å². The van der Waals surface area contributed by atoms with Gasteiger partial charge in [0, 0.05) is 6.54 Å². The topological polar surface area (TPSA) is 15.3 Å². The Bertz CT molecular complexity index is 248. The molecule has 0 aliphatic rings. The zero-order valence-electron chi connectivity index (χ0n) is 10.9. The average Bonchev–Trinajstić information content (AvgIpc) is 2.81. The first-order valence-electron chi connectivity index (χ1n) is 6.31. The Morgan fingerprint density at radius 1 is 1.24 bits per heavy atom. The van der Waals surface area contributed by atoms with Crippen molar-refractivity contribution in [3.8, 4) is 0 Å². The lowest BCUT2D eigenvalue weighted by molar-refractivity contribution is 0.296. The Morgan fingerprint density at radius 3 is 2.59 bits per heavy atom. The molecular formula is C13H25ClN2S. The Morgan fingerprint density at radius 2 is 2.00 bits per heavy atom. The molecule has 17 heavy (non-hydrogen) atoms. The fourth-order valence-electron chi connectivity index (χ4n) is 1.75. The van der Waals surface area contributed by atoms with E-state index in [0.29, 0.717) is 0 Å². The predicted molar refractivity (Wildman–Crippen MR) is 80.3 cm³/mol. The summed E-state index contributed by atoms with van der Waals surface area (Å²) in [6, 6.07) is 2.19. The summed E-state index contributed by atoms with van der Waals surface area (Å²) in [4.78, 5) is 2.48. The Kier molecular flexibility index (Phi) is 11.0. The Hall–Kier alpha value is -0.0900. The van der Waals surface area contributed by atoms with Crippen LogP contribution in [0.4, 0.5) is 0 Å². The molecule has 0 atom stereocenters. The van der Waals surface area contributed by atoms with E-state index in [0.717, 1.165) is 13.1 Å². The van der Waals surface area contributed by atoms with Gasteiger partial charge in [-0.1, -0.05) is 13.8 Å². The van der Waals surface area contributed by atoms with Gasteiger partial charge in [-0.15, -0.1) is 12.4 Å². The van der Waals surface area contributed by atoms with Gasteiger partial charge in [0.05, 0.1) is 0 Å². The maximum absolute atomic E-state index is 3.49. The predicted octanol–water partition coefficient (Wildman–Crippen LogP) is 3.38. The van der Waals surface area contributed by atoms with E-state index in [-0.39, 0.29) is 12.4 Å². The van der Waals surface area contributed by atoms with E-state index in [4.69, 9.17) is 0 Å². The lowest BCUT2D eigenvalue weighted by atomic mass is 10.2. The van der Waals surface area contributed by atoms with Crippen LogP contribution in [0, 0.1) is 0 Å². The number of hydrogen-bond acceptors (Lipinski definition) is 3. The maximum Gasteiger partial charge on any atom is 0.0213 e. The second-order valence-corrected chi connectivity index (χ2v) is 4.82. The molecule has 0 aromatic carbocycles. The second kappa shape index (κ2) is 11.0. The van der Waals surface area contributed by atoms with Crippen molar-refractivity contribution >= 4 is 23.7 Å². The van der Waals surface area contributed by atoms with Crippen molar-refractivity contribution in [3.05, 3.63) is 22.4 Å². The van der Waals surface area contributed by atoms with Crippen molar-refractivity contribution in [1.82, 2.24) is 10.2 Å². The molecule has 2 nitrogen and oxygen atoms in total. The summed E-state index contributed by atoms with van der Waals surface area (Å²) in [6.07, 6.45) is 2.58. The average molecular weight is 277 g/mol. The van der Waals surface area contributed by atoms with Crippen molar-refractivity contribution in [2.75, 3.05) is 26.2 Å². The fourth-order valence-corrected chi connectivity index (χ4v) is 2.42. The summed E-state index contributed by atoms with van der Waals surface area (Å²) in [5, 5.41) is 7.83. The first-order valence-corrected chi connectivity index (χ1v) is 7.25. The first-order chi connectivity index (χ1) is 7.86. The van der Waals surface area contributed by atoms with Crippen molar-refractivity contribution in [3.63, 3.8) is 0 Å². The molecule has 0 radical (unpaired) electrons. The monoisotopic (exact) mass is 276 g/mol. The quantitative estimate of drug-likeness (QED) is 0.696. The fraction of sp³-hybridized carbons (Fsp3) is 0.692. The van der Waals surface area contributed by atoms with Crippen molar-refractivity contribution in [2.24, 2.45) is 0 Å². The van der Waals surface area contributed by atoms with Crippen LogP contribution in [0.25, 0.3) is 0 Å². The molecule has 1 N–H and O–H groups in total. The molecule has 100 valence electrons. The van der Waals surface area contributed by atoms with Gasteiger partial charge in [-0.25, -0.2) is 0 Å². The highest BCUT2D eigenvalue weighted by molar-refractivity contribution is 7.07. The third kappa shape index (κ3) is 7.77. The zero-order valence-corrected chi connectivity index (χ0v) is 12.6. The molecule has 0 bridgehead atoms. The molecule has 1 rings (SSSR count). The molecule has 0 saturated carbocycles. The molecule has 1 aromatic rings. The SMILES string of the molecule is CCN(CC)CCCCNCc1ccsc1.Cl. The molecular weight excluding hydrogens is 252 g/mol. The van der Waals surface area contributed by atoms with Gasteiger partial charge < -0.3 is 10.2 Å². The minimum absolute atomic E-state index is 0. The third-order valence-electron chi connectivity index (χ3n) is 2.88. The number of hydrogen-bond donors (Lipinski definition) is 1. The number of rotatable bonds is 9. The molecule has 0 saturated heterocycles. The van der Waals surface area contributed by atoms with Crippen LogP contribution in [0.2, 0.25) is 0 Å². The summed E-state index contributed by atoms with van der Waals surface area (Å²) in [7, 11) is 0. The van der Waals surface area contributed by atoms with Gasteiger partial charge in [-0.05, 0) is 61.4 Å². The number of nitrogens with zero attached hydrogens (tertiary/aromatic N) is 1. The summed E-state index contributed by atoms with van der Waals surface area (Å²) in [5.74, 6) is 0. The van der Waals surface area contributed by atoms with Gasteiger partial charge in [0.25, 0.3) is 0 Å². The molecule has 0 spiro atoms. The normalized spacial score (nSPS) is 10.5. The largest absolute Gasteiger partial charge is 0.313 e. The van der Waals surface area contributed by atoms with Gasteiger partial charge in [0.2, 0.25) is 0 Å². The molecule has 4 heteroatoms. The molecule has 0 amide bonds. The van der Waals surface area contributed by atoms with E-state index in [9.17, 15) is 0 Å². The van der Waals surface area contributed by atoms with Crippen molar-refractivity contribution in [2.45, 2.75) is 33.2 Å². The van der Waals surface area contributed by atoms with Crippen LogP contribution < -0.4 is 5.32 Å². The van der Waals surface area contributed by atoms with E-state index in [2.05, 4.69) is 40.9 Å². The van der Waals surface area contributed by atoms with Crippen LogP contribution in [-0.2, 0) is 6.54 Å². The highest BCUT2D eigenvalue weighted by atomic mass is 35.5. The van der Waals surface area contributed by atoms with E-state index in [1.807, 2.05) is 0 Å². The van der Waals surface area contributed by atoms with Crippen LogP contribution in [0.15, 0.2) is 16.8 Å². The number of nitrogens with one attached hydrogen (secondary N) is 1. The first kappa shape index (κ1) is 16.9. The van der Waals surface area contributed by atoms with Gasteiger partial charge >= 0.3 is 0 Å². The minimum atomic E-state index is 0. The lowest BCUT2D eigenvalue weighted by Gasteiger charge is -2.17. The molecule has 1 aromatic heterocycles. The van der Waals surface area contributed by atoms with Crippen molar-refractivity contribution in [1.29, 1.82) is 0 Å². The molecule has 0 aliphatic heterocycles. The number of thiophene rings is 1. The van der Waals surface area contributed by atoms with Crippen LogP contribution in [-0.4, -0.2) is 31.1 Å². The minimum Gasteiger partial charge on any atom is -0.313 e. The second-order valence-electron chi connectivity index (χ2n) is 4.04. The van der Waals surface area contributed by atoms with Crippen molar-refractivity contribution < 1.29 is 0 Å². The van der Waals surface area contributed by atoms with Crippen LogP contribution >= 0.6 is 23.7 Å². The van der Waals surface area contributed by atoms with Crippen LogP contribution in [0.1, 0.15) is 32.3 Å². The molecule has 0 fully saturated rings. The summed E-state index contributed by atoms with van der Waals surface area (Å²) >= 11 is 1.77. The lowest BCUT2D eigenvalue weighted by Crippen LogP contribution is -2.25. The highest BCUT2D eigenvalue weighted by Crippen LogP contribution is 2.04. The number of halogens is 1. The molecule has 0 unspecified atom stereocenters. The van der Waals surface area contributed by atoms with E-state index >= 15 is 0 Å². The molecule has 1 heterocycles. The van der Waals surface area contributed by atoms with Crippen LogP contribution in [0.5, 0.6) is 0 Å². The summed E-state index contributed by atoms with van der Waals surface area (Å²) in [5.41, 5.74) is 1.41. The smallest absolute Gasteiger partial charge is 0.0213 e.